The van der Waals surface area contributed by atoms with Crippen molar-refractivity contribution in [3.63, 3.8) is 0 Å². The Morgan fingerprint density at radius 1 is 1.10 bits per heavy atom. The van der Waals surface area contributed by atoms with Gasteiger partial charge < -0.3 is 13.9 Å². The minimum Gasteiger partial charge on any atom is -0.483 e. The van der Waals surface area contributed by atoms with Crippen molar-refractivity contribution in [1.29, 1.82) is 0 Å². The number of furan rings is 1. The zero-order valence-electron chi connectivity index (χ0n) is 16.0. The Hall–Kier alpha value is -3.87. The van der Waals surface area contributed by atoms with Crippen LogP contribution in [0.15, 0.2) is 70.4 Å². The lowest BCUT2D eigenvalue weighted by Crippen LogP contribution is -2.24. The molecule has 0 aliphatic heterocycles. The van der Waals surface area contributed by atoms with Crippen molar-refractivity contribution in [3.8, 4) is 11.5 Å². The summed E-state index contributed by atoms with van der Waals surface area (Å²) in [5.74, 6) is 0.211. The molecule has 0 spiro atoms. The van der Waals surface area contributed by atoms with Gasteiger partial charge >= 0.3 is 5.97 Å². The van der Waals surface area contributed by atoms with Gasteiger partial charge in [0, 0.05) is 0 Å². The van der Waals surface area contributed by atoms with Crippen LogP contribution >= 0.6 is 0 Å². The number of hydrogen-bond acceptors (Lipinski definition) is 6. The fraction of sp³-hybridized carbons (Fsp3) is 0.136. The highest BCUT2D eigenvalue weighted by atomic mass is 16.5. The summed E-state index contributed by atoms with van der Waals surface area (Å²) in [6.45, 7) is 3.78. The molecule has 2 aromatic carbocycles. The second kappa shape index (κ2) is 9.36. The lowest BCUT2D eigenvalue weighted by Gasteiger charge is -2.08. The van der Waals surface area contributed by atoms with Gasteiger partial charge in [-0.25, -0.2) is 10.2 Å². The molecule has 7 nitrogen and oxygen atoms in total. The lowest BCUT2D eigenvalue weighted by molar-refractivity contribution is -0.123. The van der Waals surface area contributed by atoms with E-state index in [0.29, 0.717) is 11.5 Å². The van der Waals surface area contributed by atoms with E-state index in [4.69, 9.17) is 13.9 Å². The van der Waals surface area contributed by atoms with Gasteiger partial charge in [0.15, 0.2) is 6.61 Å². The summed E-state index contributed by atoms with van der Waals surface area (Å²) in [5.41, 5.74) is 5.22. The van der Waals surface area contributed by atoms with E-state index < -0.39 is 5.97 Å². The van der Waals surface area contributed by atoms with Gasteiger partial charge in [-0.1, -0.05) is 17.7 Å². The number of amides is 1. The van der Waals surface area contributed by atoms with Crippen LogP contribution in [0.5, 0.6) is 11.5 Å². The smallest absolute Gasteiger partial charge is 0.379 e. The molecule has 1 N–H and O–H groups in total. The van der Waals surface area contributed by atoms with Crippen molar-refractivity contribution >= 4 is 18.1 Å². The van der Waals surface area contributed by atoms with Gasteiger partial charge in [-0.3, -0.25) is 4.79 Å². The molecule has 29 heavy (non-hydrogen) atoms. The van der Waals surface area contributed by atoms with Crippen LogP contribution < -0.4 is 14.9 Å². The van der Waals surface area contributed by atoms with E-state index in [-0.39, 0.29) is 18.3 Å². The first-order chi connectivity index (χ1) is 14.0. The molecule has 148 valence electrons. The Labute approximate surface area is 167 Å². The molecular weight excluding hydrogens is 372 g/mol. The average molecular weight is 392 g/mol. The minimum atomic E-state index is -0.576. The van der Waals surface area contributed by atoms with Crippen molar-refractivity contribution in [3.05, 3.63) is 83.3 Å². The highest BCUT2D eigenvalue weighted by Gasteiger charge is 2.11. The molecule has 0 aliphatic carbocycles. The first kappa shape index (κ1) is 19.9. The third kappa shape index (κ3) is 5.80. The Bertz CT molecular complexity index is 1010. The molecule has 0 bridgehead atoms. The van der Waals surface area contributed by atoms with Gasteiger partial charge in [-0.05, 0) is 67.4 Å². The molecule has 0 atom stereocenters. The number of carbonyl (C=O) groups excluding carboxylic acids is 2. The number of aryl methyl sites for hydroxylation is 2. The molecule has 3 rings (SSSR count). The normalized spacial score (nSPS) is 10.7. The van der Waals surface area contributed by atoms with Gasteiger partial charge in [0.1, 0.15) is 11.5 Å². The number of hydrogen-bond donors (Lipinski definition) is 1. The van der Waals surface area contributed by atoms with Crippen LogP contribution in [-0.4, -0.2) is 24.7 Å². The number of nitrogens with zero attached hydrogens (tertiary/aromatic N) is 1. The molecule has 1 heterocycles. The van der Waals surface area contributed by atoms with Crippen molar-refractivity contribution in [2.45, 2.75) is 13.8 Å². The topological polar surface area (TPSA) is 90.1 Å². The second-order valence-corrected chi connectivity index (χ2v) is 6.29. The van der Waals surface area contributed by atoms with Crippen LogP contribution in [0.25, 0.3) is 0 Å². The first-order valence-electron chi connectivity index (χ1n) is 8.89. The number of carbonyl (C=O) groups is 2. The van der Waals surface area contributed by atoms with Crippen LogP contribution in [0.2, 0.25) is 0 Å². The Morgan fingerprint density at radius 3 is 2.59 bits per heavy atom. The van der Waals surface area contributed by atoms with Crippen LogP contribution in [-0.2, 0) is 4.79 Å². The highest BCUT2D eigenvalue weighted by molar-refractivity contribution is 5.88. The Balaban J connectivity index is 1.46. The summed E-state index contributed by atoms with van der Waals surface area (Å²) in [7, 11) is 0. The van der Waals surface area contributed by atoms with Crippen LogP contribution in [0.4, 0.5) is 0 Å². The van der Waals surface area contributed by atoms with Crippen LogP contribution in [0, 0.1) is 13.8 Å². The molecule has 1 aromatic heterocycles. The van der Waals surface area contributed by atoms with Gasteiger partial charge in [0.05, 0.1) is 12.5 Å². The fourth-order valence-electron chi connectivity index (χ4n) is 2.49. The van der Waals surface area contributed by atoms with E-state index >= 15 is 0 Å². The quantitative estimate of drug-likeness (QED) is 0.287. The predicted octanol–water partition coefficient (Wildman–Crippen LogP) is 3.64. The molecule has 0 saturated carbocycles. The molecular formula is C22H20N2O5. The highest BCUT2D eigenvalue weighted by Crippen LogP contribution is 2.18. The monoisotopic (exact) mass is 392 g/mol. The van der Waals surface area contributed by atoms with Gasteiger partial charge in [-0.15, -0.1) is 0 Å². The SMILES string of the molecule is Cc1ccc(OCC(=O)N/N=C/c2ccc(OC(=O)c3ccco3)cc2)c(C)c1. The predicted molar refractivity (Wildman–Crippen MR) is 107 cm³/mol. The number of ether oxygens (including phenoxy) is 2. The largest absolute Gasteiger partial charge is 0.483 e. The number of esters is 1. The molecule has 0 unspecified atom stereocenters. The van der Waals surface area contributed by atoms with Crippen molar-refractivity contribution in [2.75, 3.05) is 6.61 Å². The summed E-state index contributed by atoms with van der Waals surface area (Å²) in [5, 5.41) is 3.89. The van der Waals surface area contributed by atoms with E-state index in [0.717, 1.165) is 16.7 Å². The maximum Gasteiger partial charge on any atom is 0.379 e. The molecule has 1 amide bonds. The fourth-order valence-corrected chi connectivity index (χ4v) is 2.49. The number of rotatable bonds is 7. The molecule has 0 radical (unpaired) electrons. The minimum absolute atomic E-state index is 0.126. The van der Waals surface area contributed by atoms with Crippen LogP contribution in [0.3, 0.4) is 0 Å². The summed E-state index contributed by atoms with van der Waals surface area (Å²) in [6, 6.07) is 15.5. The van der Waals surface area contributed by atoms with Crippen molar-refractivity contribution in [1.82, 2.24) is 5.43 Å². The van der Waals surface area contributed by atoms with E-state index in [2.05, 4.69) is 10.5 Å². The van der Waals surface area contributed by atoms with E-state index in [1.54, 1.807) is 30.3 Å². The van der Waals surface area contributed by atoms with Gasteiger partial charge in [0.25, 0.3) is 5.91 Å². The van der Waals surface area contributed by atoms with Gasteiger partial charge in [-0.2, -0.15) is 5.10 Å². The maximum atomic E-state index is 11.9. The maximum absolute atomic E-state index is 11.9. The number of nitrogens with one attached hydrogen (secondary N) is 1. The third-order valence-electron chi connectivity index (χ3n) is 3.91. The van der Waals surface area contributed by atoms with Crippen LogP contribution in [0.1, 0.15) is 27.2 Å². The van der Waals surface area contributed by atoms with Gasteiger partial charge in [0.2, 0.25) is 5.76 Å². The summed E-state index contributed by atoms with van der Waals surface area (Å²) >= 11 is 0. The third-order valence-corrected chi connectivity index (χ3v) is 3.91. The van der Waals surface area contributed by atoms with E-state index in [1.807, 2.05) is 32.0 Å². The van der Waals surface area contributed by atoms with Crippen molar-refractivity contribution in [2.24, 2.45) is 5.10 Å². The number of hydrazone groups is 1. The Morgan fingerprint density at radius 2 is 1.90 bits per heavy atom. The average Bonchev–Trinajstić information content (AvgIpc) is 3.24. The Kier molecular flexibility index (Phi) is 6.42. The molecule has 7 heteroatoms. The molecule has 3 aromatic rings. The summed E-state index contributed by atoms with van der Waals surface area (Å²) in [4.78, 5) is 23.7. The summed E-state index contributed by atoms with van der Waals surface area (Å²) < 4.78 is 15.7. The lowest BCUT2D eigenvalue weighted by atomic mass is 10.1. The summed E-state index contributed by atoms with van der Waals surface area (Å²) in [6.07, 6.45) is 2.88. The second-order valence-electron chi connectivity index (χ2n) is 6.29. The first-order valence-corrected chi connectivity index (χ1v) is 8.89. The molecule has 0 aliphatic rings. The molecule has 0 fully saturated rings. The molecule has 0 saturated heterocycles. The van der Waals surface area contributed by atoms with E-state index in [1.165, 1.54) is 18.5 Å². The zero-order chi connectivity index (χ0) is 20.6. The number of benzene rings is 2. The van der Waals surface area contributed by atoms with E-state index in [9.17, 15) is 9.59 Å². The standard InChI is InChI=1S/C22H20N2O5/c1-15-5-10-19(16(2)12-15)28-14-21(25)24-23-13-17-6-8-18(9-7-17)29-22(26)20-4-3-11-27-20/h3-13H,14H2,1-2H3,(H,24,25)/b23-13+. The van der Waals surface area contributed by atoms with Crippen molar-refractivity contribution < 1.29 is 23.5 Å². The zero-order valence-corrected chi connectivity index (χ0v) is 16.0.